The number of methoxy groups -OCH3 is 1. The highest BCUT2D eigenvalue weighted by Crippen LogP contribution is 2.18. The van der Waals surface area contributed by atoms with Crippen LogP contribution in [0, 0.1) is 0 Å². The molecule has 1 aromatic carbocycles. The molecule has 1 aromatic rings. The molecule has 7 heteroatoms. The Bertz CT molecular complexity index is 581. The van der Waals surface area contributed by atoms with Crippen molar-refractivity contribution in [2.45, 2.75) is 6.92 Å². The van der Waals surface area contributed by atoms with Crippen molar-refractivity contribution < 1.29 is 28.6 Å². The second-order valence-corrected chi connectivity index (χ2v) is 4.22. The first-order valence-corrected chi connectivity index (χ1v) is 6.41. The van der Waals surface area contributed by atoms with Gasteiger partial charge in [-0.25, -0.2) is 14.4 Å². The fourth-order valence-corrected chi connectivity index (χ4v) is 1.39. The number of carbonyl (C=O) groups is 3. The average Bonchev–Trinajstić information content (AvgIpc) is 2.51. The molecule has 118 valence electrons. The zero-order valence-corrected chi connectivity index (χ0v) is 12.4. The van der Waals surface area contributed by atoms with E-state index in [0.29, 0.717) is 0 Å². The minimum absolute atomic E-state index is 0.0144. The van der Waals surface area contributed by atoms with Crippen LogP contribution >= 0.6 is 0 Å². The lowest BCUT2D eigenvalue weighted by molar-refractivity contribution is -0.138. The number of para-hydroxylation sites is 1. The highest BCUT2D eigenvalue weighted by molar-refractivity contribution is 5.93. The Morgan fingerprint density at radius 1 is 1.23 bits per heavy atom. The van der Waals surface area contributed by atoms with Crippen molar-refractivity contribution in [3.63, 3.8) is 0 Å². The molecule has 0 spiro atoms. The first-order chi connectivity index (χ1) is 10.5. The summed E-state index contributed by atoms with van der Waals surface area (Å²) < 4.78 is 14.4. The lowest BCUT2D eigenvalue weighted by Gasteiger charge is -2.10. The number of hydrogen-bond donors (Lipinski definition) is 1. The quantitative estimate of drug-likeness (QED) is 0.488. The summed E-state index contributed by atoms with van der Waals surface area (Å²) in [6.07, 6.45) is -0.775. The maximum Gasteiger partial charge on any atom is 0.412 e. The molecule has 1 rings (SSSR count). The molecule has 0 aliphatic carbocycles. The summed E-state index contributed by atoms with van der Waals surface area (Å²) in [6.45, 7) is 5.00. The SMILES string of the molecule is C=C(C)C(=O)OCCNC(=O)Oc1ccccc1C(=O)OC. The largest absolute Gasteiger partial charge is 0.465 e. The minimum atomic E-state index is -0.775. The van der Waals surface area contributed by atoms with E-state index in [9.17, 15) is 14.4 Å². The van der Waals surface area contributed by atoms with Gasteiger partial charge >= 0.3 is 18.0 Å². The van der Waals surface area contributed by atoms with E-state index in [2.05, 4.69) is 16.6 Å². The van der Waals surface area contributed by atoms with Crippen molar-refractivity contribution in [1.29, 1.82) is 0 Å². The number of esters is 2. The summed E-state index contributed by atoms with van der Waals surface area (Å²) in [6, 6.07) is 6.17. The first kappa shape index (κ1) is 17.2. The van der Waals surface area contributed by atoms with Crippen molar-refractivity contribution in [1.82, 2.24) is 5.32 Å². The van der Waals surface area contributed by atoms with E-state index in [4.69, 9.17) is 9.47 Å². The molecule has 22 heavy (non-hydrogen) atoms. The van der Waals surface area contributed by atoms with Gasteiger partial charge in [0.15, 0.2) is 0 Å². The second kappa shape index (κ2) is 8.46. The van der Waals surface area contributed by atoms with Crippen molar-refractivity contribution in [3.05, 3.63) is 42.0 Å². The normalized spacial score (nSPS) is 9.55. The summed E-state index contributed by atoms with van der Waals surface area (Å²) in [5, 5.41) is 2.39. The number of hydrogen-bond acceptors (Lipinski definition) is 6. The van der Waals surface area contributed by atoms with Gasteiger partial charge in [-0.15, -0.1) is 0 Å². The predicted octanol–water partition coefficient (Wildman–Crippen LogP) is 1.68. The molecule has 0 atom stereocenters. The zero-order valence-electron chi connectivity index (χ0n) is 12.4. The van der Waals surface area contributed by atoms with Crippen molar-refractivity contribution >= 4 is 18.0 Å². The Labute approximate surface area is 127 Å². The molecule has 0 saturated carbocycles. The van der Waals surface area contributed by atoms with Crippen LogP contribution in [0.4, 0.5) is 4.79 Å². The highest BCUT2D eigenvalue weighted by atomic mass is 16.6. The number of benzene rings is 1. The van der Waals surface area contributed by atoms with Crippen LogP contribution in [0.2, 0.25) is 0 Å². The maximum absolute atomic E-state index is 11.6. The Morgan fingerprint density at radius 2 is 1.91 bits per heavy atom. The molecule has 7 nitrogen and oxygen atoms in total. The molecule has 0 unspecified atom stereocenters. The van der Waals surface area contributed by atoms with Crippen LogP contribution < -0.4 is 10.1 Å². The zero-order chi connectivity index (χ0) is 16.5. The van der Waals surface area contributed by atoms with Gasteiger partial charge < -0.3 is 19.5 Å². The molecular formula is C15H17NO6. The number of rotatable bonds is 6. The highest BCUT2D eigenvalue weighted by Gasteiger charge is 2.15. The Morgan fingerprint density at radius 3 is 2.55 bits per heavy atom. The smallest absolute Gasteiger partial charge is 0.412 e. The summed E-state index contributed by atoms with van der Waals surface area (Å²) in [4.78, 5) is 34.2. The van der Waals surface area contributed by atoms with Gasteiger partial charge in [-0.1, -0.05) is 18.7 Å². The molecule has 0 aliphatic heterocycles. The fraction of sp³-hybridized carbons (Fsp3) is 0.267. The van der Waals surface area contributed by atoms with E-state index in [-0.39, 0.29) is 30.0 Å². The average molecular weight is 307 g/mol. The number of carbonyl (C=O) groups excluding carboxylic acids is 3. The third-order valence-corrected chi connectivity index (χ3v) is 2.45. The van der Waals surface area contributed by atoms with E-state index < -0.39 is 18.0 Å². The van der Waals surface area contributed by atoms with Crippen LogP contribution in [0.15, 0.2) is 36.4 Å². The van der Waals surface area contributed by atoms with E-state index in [1.807, 2.05) is 0 Å². The third kappa shape index (κ3) is 5.28. The summed E-state index contributed by atoms with van der Waals surface area (Å²) >= 11 is 0. The second-order valence-electron chi connectivity index (χ2n) is 4.22. The molecule has 0 aliphatic rings. The Hall–Kier alpha value is -2.83. The van der Waals surface area contributed by atoms with Gasteiger partial charge in [-0.05, 0) is 19.1 Å². The van der Waals surface area contributed by atoms with E-state index in [1.54, 1.807) is 12.1 Å². The van der Waals surface area contributed by atoms with Gasteiger partial charge in [0.25, 0.3) is 0 Å². The van der Waals surface area contributed by atoms with Crippen LogP contribution in [0.3, 0.4) is 0 Å². The van der Waals surface area contributed by atoms with Gasteiger partial charge in [0.1, 0.15) is 17.9 Å². The summed E-state index contributed by atoms with van der Waals surface area (Å²) in [7, 11) is 1.23. The number of nitrogens with one attached hydrogen (secondary N) is 1. The summed E-state index contributed by atoms with van der Waals surface area (Å²) in [5.41, 5.74) is 0.406. The molecule has 0 heterocycles. The fourth-order valence-electron chi connectivity index (χ4n) is 1.39. The van der Waals surface area contributed by atoms with Crippen LogP contribution in [-0.4, -0.2) is 38.3 Å². The topological polar surface area (TPSA) is 90.9 Å². The van der Waals surface area contributed by atoms with E-state index >= 15 is 0 Å². The maximum atomic E-state index is 11.6. The predicted molar refractivity (Wildman–Crippen MR) is 77.6 cm³/mol. The summed E-state index contributed by atoms with van der Waals surface area (Å²) in [5.74, 6) is -1.07. The van der Waals surface area contributed by atoms with Crippen LogP contribution in [0.5, 0.6) is 5.75 Å². The van der Waals surface area contributed by atoms with E-state index in [1.165, 1.54) is 26.2 Å². The van der Waals surface area contributed by atoms with Crippen LogP contribution in [-0.2, 0) is 14.3 Å². The van der Waals surface area contributed by atoms with E-state index in [0.717, 1.165) is 0 Å². The molecule has 0 aromatic heterocycles. The van der Waals surface area contributed by atoms with Gasteiger partial charge in [-0.3, -0.25) is 0 Å². The van der Waals surface area contributed by atoms with Crippen LogP contribution in [0.1, 0.15) is 17.3 Å². The standard InChI is InChI=1S/C15H17NO6/c1-10(2)13(17)21-9-8-16-15(19)22-12-7-5-4-6-11(12)14(18)20-3/h4-7H,1,8-9H2,2-3H3,(H,16,19). The monoisotopic (exact) mass is 307 g/mol. The van der Waals surface area contributed by atoms with Gasteiger partial charge in [0.2, 0.25) is 0 Å². The Balaban J connectivity index is 2.48. The van der Waals surface area contributed by atoms with Crippen LogP contribution in [0.25, 0.3) is 0 Å². The van der Waals surface area contributed by atoms with Gasteiger partial charge in [0.05, 0.1) is 13.7 Å². The molecule has 1 amide bonds. The third-order valence-electron chi connectivity index (χ3n) is 2.45. The first-order valence-electron chi connectivity index (χ1n) is 6.41. The lowest BCUT2D eigenvalue weighted by Crippen LogP contribution is -2.31. The molecule has 0 bridgehead atoms. The Kier molecular flexibility index (Phi) is 6.62. The molecule has 0 radical (unpaired) electrons. The molecule has 0 saturated heterocycles. The number of amides is 1. The lowest BCUT2D eigenvalue weighted by atomic mass is 10.2. The van der Waals surface area contributed by atoms with Crippen molar-refractivity contribution in [2.24, 2.45) is 0 Å². The van der Waals surface area contributed by atoms with Gasteiger partial charge in [0, 0.05) is 5.57 Å². The minimum Gasteiger partial charge on any atom is -0.465 e. The molecular weight excluding hydrogens is 290 g/mol. The molecule has 1 N–H and O–H groups in total. The molecule has 0 fully saturated rings. The number of ether oxygens (including phenoxy) is 3. The van der Waals surface area contributed by atoms with Crippen molar-refractivity contribution in [3.8, 4) is 5.75 Å². The van der Waals surface area contributed by atoms with Gasteiger partial charge in [-0.2, -0.15) is 0 Å². The van der Waals surface area contributed by atoms with Crippen molar-refractivity contribution in [2.75, 3.05) is 20.3 Å².